The Balaban J connectivity index is 1.51. The second-order valence-corrected chi connectivity index (χ2v) is 11.1. The number of nitrogens with zero attached hydrogens (tertiary/aromatic N) is 2. The molecule has 36 heavy (non-hydrogen) atoms. The van der Waals surface area contributed by atoms with Gasteiger partial charge in [0, 0.05) is 23.2 Å². The highest BCUT2D eigenvalue weighted by Crippen LogP contribution is 2.48. The minimum absolute atomic E-state index is 0.0216. The van der Waals surface area contributed by atoms with Crippen molar-refractivity contribution in [2.45, 2.75) is 69.5 Å². The van der Waals surface area contributed by atoms with Crippen LogP contribution in [0.25, 0.3) is 11.3 Å². The third kappa shape index (κ3) is 4.55. The van der Waals surface area contributed by atoms with Crippen molar-refractivity contribution >= 4 is 23.4 Å². The zero-order valence-corrected chi connectivity index (χ0v) is 21.9. The minimum atomic E-state index is -0.154. The van der Waals surface area contributed by atoms with Crippen LogP contribution in [0.1, 0.15) is 54.4 Å². The van der Waals surface area contributed by atoms with E-state index in [1.54, 1.807) is 10.6 Å². The van der Waals surface area contributed by atoms with Gasteiger partial charge in [0.05, 0.1) is 17.0 Å². The maximum absolute atomic E-state index is 14.1. The number of thioether (sulfide) groups is 1. The molecule has 0 radical (unpaired) electrons. The molecular weight excluding hydrogens is 466 g/mol. The van der Waals surface area contributed by atoms with E-state index < -0.39 is 0 Å². The number of hydrogen-bond donors (Lipinski definition) is 1. The molecule has 0 saturated heterocycles. The maximum atomic E-state index is 14.1. The molecule has 2 aliphatic carbocycles. The molecule has 1 heterocycles. The topological polar surface area (TPSA) is 64.0 Å². The van der Waals surface area contributed by atoms with E-state index in [0.29, 0.717) is 11.7 Å². The molecule has 1 saturated carbocycles. The summed E-state index contributed by atoms with van der Waals surface area (Å²) in [5.74, 6) is 0.0479. The highest BCUT2D eigenvalue weighted by Gasteiger charge is 2.43. The van der Waals surface area contributed by atoms with Crippen molar-refractivity contribution in [3.05, 3.63) is 87.7 Å². The third-order valence-electron chi connectivity index (χ3n) is 7.71. The van der Waals surface area contributed by atoms with E-state index in [2.05, 4.69) is 30.1 Å². The van der Waals surface area contributed by atoms with Gasteiger partial charge in [0.25, 0.3) is 5.56 Å². The van der Waals surface area contributed by atoms with Crippen LogP contribution in [0.3, 0.4) is 0 Å². The number of rotatable bonds is 6. The summed E-state index contributed by atoms with van der Waals surface area (Å²) in [6.07, 6.45) is 8.16. The number of carbonyl (C=O) groups excluding carboxylic acids is 1. The van der Waals surface area contributed by atoms with Crippen LogP contribution in [0, 0.1) is 13.8 Å². The Morgan fingerprint density at radius 1 is 1.14 bits per heavy atom. The molecule has 0 unspecified atom stereocenters. The van der Waals surface area contributed by atoms with Crippen LogP contribution in [0.5, 0.6) is 0 Å². The Bertz CT molecular complexity index is 1390. The predicted octanol–water partition coefficient (Wildman–Crippen LogP) is 6.20. The lowest BCUT2D eigenvalue weighted by molar-refractivity contribution is -0.113. The van der Waals surface area contributed by atoms with Crippen LogP contribution in [-0.4, -0.2) is 21.2 Å². The van der Waals surface area contributed by atoms with E-state index in [9.17, 15) is 9.59 Å². The molecular formula is C30H33N3O2S. The summed E-state index contributed by atoms with van der Waals surface area (Å²) in [7, 11) is 0. The number of amides is 1. The van der Waals surface area contributed by atoms with Crippen LogP contribution in [0.15, 0.2) is 65.1 Å². The molecule has 3 aromatic rings. The second-order valence-electron chi connectivity index (χ2n) is 10.1. The number of anilines is 1. The number of benzene rings is 2. The van der Waals surface area contributed by atoms with Crippen molar-refractivity contribution in [2.24, 2.45) is 0 Å². The summed E-state index contributed by atoms with van der Waals surface area (Å²) in [6.45, 7) is 8.33. The first-order chi connectivity index (χ1) is 17.4. The van der Waals surface area contributed by atoms with E-state index in [4.69, 9.17) is 4.98 Å². The summed E-state index contributed by atoms with van der Waals surface area (Å²) in [4.78, 5) is 32.0. The number of fused-ring (bicyclic) bond motifs is 4. The lowest BCUT2D eigenvalue weighted by atomic mass is 9.62. The molecule has 0 atom stereocenters. The normalized spacial score (nSPS) is 15.7. The molecule has 1 N–H and O–H groups in total. The van der Waals surface area contributed by atoms with Gasteiger partial charge in [-0.1, -0.05) is 67.4 Å². The maximum Gasteiger partial charge on any atom is 0.258 e. The fraction of sp³-hybridized carbons (Fsp3) is 0.367. The number of carbonyl (C=O) groups is 1. The molecule has 2 aliphatic rings. The van der Waals surface area contributed by atoms with Crippen LogP contribution < -0.4 is 10.9 Å². The highest BCUT2D eigenvalue weighted by molar-refractivity contribution is 7.99. The van der Waals surface area contributed by atoms with Gasteiger partial charge in [-0.15, -0.1) is 6.58 Å². The number of nitrogens with one attached hydrogen (secondary N) is 1. The fourth-order valence-corrected chi connectivity index (χ4v) is 6.57. The molecule has 5 nitrogen and oxygen atoms in total. The summed E-state index contributed by atoms with van der Waals surface area (Å²) >= 11 is 1.31. The smallest absolute Gasteiger partial charge is 0.258 e. The zero-order valence-electron chi connectivity index (χ0n) is 21.1. The summed E-state index contributed by atoms with van der Waals surface area (Å²) in [6, 6.07) is 14.2. The molecule has 6 heteroatoms. The molecule has 1 spiro atoms. The summed E-state index contributed by atoms with van der Waals surface area (Å²) in [5.41, 5.74) is 6.95. The Morgan fingerprint density at radius 2 is 1.92 bits per heavy atom. The van der Waals surface area contributed by atoms with Gasteiger partial charge >= 0.3 is 0 Å². The van der Waals surface area contributed by atoms with Gasteiger partial charge in [-0.2, -0.15) is 0 Å². The van der Waals surface area contributed by atoms with Crippen molar-refractivity contribution in [3.63, 3.8) is 0 Å². The van der Waals surface area contributed by atoms with Gasteiger partial charge in [0.2, 0.25) is 5.91 Å². The first-order valence-corrected chi connectivity index (χ1v) is 13.7. The van der Waals surface area contributed by atoms with E-state index in [1.807, 2.05) is 38.1 Å². The lowest BCUT2D eigenvalue weighted by Crippen LogP contribution is -2.43. The monoisotopic (exact) mass is 499 g/mol. The average Bonchev–Trinajstić information content (AvgIpc) is 2.87. The molecule has 1 amide bonds. The Kier molecular flexibility index (Phi) is 6.89. The van der Waals surface area contributed by atoms with Crippen LogP contribution in [0.2, 0.25) is 0 Å². The third-order valence-corrected chi connectivity index (χ3v) is 8.69. The Morgan fingerprint density at radius 3 is 2.67 bits per heavy atom. The van der Waals surface area contributed by atoms with E-state index in [-0.39, 0.29) is 22.6 Å². The van der Waals surface area contributed by atoms with Crippen LogP contribution >= 0.6 is 11.8 Å². The van der Waals surface area contributed by atoms with Gasteiger partial charge in [-0.25, -0.2) is 4.98 Å². The largest absolute Gasteiger partial charge is 0.325 e. The molecule has 186 valence electrons. The minimum Gasteiger partial charge on any atom is -0.325 e. The van der Waals surface area contributed by atoms with Gasteiger partial charge in [0.1, 0.15) is 0 Å². The quantitative estimate of drug-likeness (QED) is 0.249. The zero-order chi connectivity index (χ0) is 25.3. The van der Waals surface area contributed by atoms with E-state index in [1.165, 1.54) is 29.3 Å². The molecule has 1 fully saturated rings. The molecule has 2 aromatic carbocycles. The first-order valence-electron chi connectivity index (χ1n) is 12.8. The Labute approximate surface area is 217 Å². The molecule has 1 aromatic heterocycles. The Hall–Kier alpha value is -3.12. The van der Waals surface area contributed by atoms with E-state index >= 15 is 0 Å². The first kappa shape index (κ1) is 24.6. The van der Waals surface area contributed by atoms with Gasteiger partial charge in [-0.3, -0.25) is 14.2 Å². The summed E-state index contributed by atoms with van der Waals surface area (Å²) in [5, 5.41) is 3.54. The van der Waals surface area contributed by atoms with E-state index in [0.717, 1.165) is 60.2 Å². The predicted molar refractivity (Wildman–Crippen MR) is 148 cm³/mol. The molecule has 0 aliphatic heterocycles. The second kappa shape index (κ2) is 10.1. The van der Waals surface area contributed by atoms with Crippen molar-refractivity contribution < 1.29 is 4.79 Å². The van der Waals surface area contributed by atoms with Crippen molar-refractivity contribution in [2.75, 3.05) is 11.1 Å². The summed E-state index contributed by atoms with van der Waals surface area (Å²) < 4.78 is 1.71. The SMILES string of the molecule is C=CCn1c(SCC(=O)Nc2ccc(C)c(C)c2)nc2c(c1=O)C1(CCCCC1)Cc1ccccc1-2. The van der Waals surface area contributed by atoms with Crippen molar-refractivity contribution in [3.8, 4) is 11.3 Å². The van der Waals surface area contributed by atoms with Gasteiger partial charge < -0.3 is 5.32 Å². The number of aryl methyl sites for hydroxylation is 2. The highest BCUT2D eigenvalue weighted by atomic mass is 32.2. The van der Waals surface area contributed by atoms with Crippen LogP contribution in [0.4, 0.5) is 5.69 Å². The van der Waals surface area contributed by atoms with Crippen LogP contribution in [-0.2, 0) is 23.2 Å². The van der Waals surface area contributed by atoms with Gasteiger partial charge in [0.15, 0.2) is 5.16 Å². The standard InChI is InChI=1S/C30H33N3O2S/c1-4-16-33-28(35)26-27(24-11-7-6-10-22(24)18-30(26)14-8-5-9-15-30)32-29(33)36-19-25(34)31-23-13-12-20(2)21(3)17-23/h4,6-7,10-13,17H,1,5,8-9,14-16,18-19H2,2-3H3,(H,31,34). The molecule has 5 rings (SSSR count). The number of hydrogen-bond acceptors (Lipinski definition) is 4. The fourth-order valence-electron chi connectivity index (χ4n) is 5.77. The molecule has 0 bridgehead atoms. The van der Waals surface area contributed by atoms with Gasteiger partial charge in [-0.05, 0) is 61.9 Å². The number of aromatic nitrogens is 2. The van der Waals surface area contributed by atoms with Crippen molar-refractivity contribution in [1.29, 1.82) is 0 Å². The average molecular weight is 500 g/mol. The number of allylic oxidation sites excluding steroid dienone is 1. The lowest BCUT2D eigenvalue weighted by Gasteiger charge is -2.42. The van der Waals surface area contributed by atoms with Crippen molar-refractivity contribution in [1.82, 2.24) is 9.55 Å².